The van der Waals surface area contributed by atoms with Crippen molar-refractivity contribution in [2.24, 2.45) is 0 Å². The Balaban J connectivity index is 1.95. The minimum absolute atomic E-state index is 0.0453. The zero-order valence-corrected chi connectivity index (χ0v) is 12.5. The molecule has 0 aliphatic carbocycles. The van der Waals surface area contributed by atoms with Gasteiger partial charge in [-0.25, -0.2) is 0 Å². The van der Waals surface area contributed by atoms with E-state index in [1.165, 1.54) is 11.3 Å². The first-order valence-corrected chi connectivity index (χ1v) is 7.35. The van der Waals surface area contributed by atoms with Crippen LogP contribution in [0, 0.1) is 4.77 Å². The van der Waals surface area contributed by atoms with E-state index in [9.17, 15) is 4.79 Å². The largest absolute Gasteiger partial charge is 0.350 e. The summed E-state index contributed by atoms with van der Waals surface area (Å²) in [5.74, 6) is 1.16. The van der Waals surface area contributed by atoms with Crippen LogP contribution in [0.25, 0.3) is 0 Å². The van der Waals surface area contributed by atoms with Gasteiger partial charge in [0.2, 0.25) is 0 Å². The van der Waals surface area contributed by atoms with E-state index in [1.807, 2.05) is 22.1 Å². The summed E-state index contributed by atoms with van der Waals surface area (Å²) in [6.07, 6.45) is 0. The van der Waals surface area contributed by atoms with E-state index >= 15 is 0 Å². The van der Waals surface area contributed by atoms with Gasteiger partial charge in [-0.2, -0.15) is 5.10 Å². The van der Waals surface area contributed by atoms with Gasteiger partial charge < -0.3 is 9.88 Å². The second-order valence-electron chi connectivity index (χ2n) is 4.43. The fourth-order valence-electron chi connectivity index (χ4n) is 1.76. The Morgan fingerprint density at radius 1 is 1.63 bits per heavy atom. The van der Waals surface area contributed by atoms with Crippen LogP contribution in [0.3, 0.4) is 0 Å². The van der Waals surface area contributed by atoms with Crippen LogP contribution < -0.4 is 5.32 Å². The fourth-order valence-corrected chi connectivity index (χ4v) is 2.63. The normalized spacial score (nSPS) is 10.9. The lowest BCUT2D eigenvalue weighted by molar-refractivity contribution is 0.0956. The van der Waals surface area contributed by atoms with Crippen molar-refractivity contribution in [3.05, 3.63) is 33.0 Å². The molecular weight excluding hydrogens is 280 g/mol. The van der Waals surface area contributed by atoms with E-state index < -0.39 is 0 Å². The Bertz CT molecular complexity index is 598. The second-order valence-corrected chi connectivity index (χ2v) is 5.76. The molecule has 2 aromatic heterocycles. The first kappa shape index (κ1) is 14.0. The summed E-state index contributed by atoms with van der Waals surface area (Å²) in [4.78, 5) is 12.5. The third-order valence-electron chi connectivity index (χ3n) is 2.67. The van der Waals surface area contributed by atoms with Crippen LogP contribution in [0.1, 0.15) is 35.3 Å². The van der Waals surface area contributed by atoms with Gasteiger partial charge in [0.1, 0.15) is 5.82 Å². The Morgan fingerprint density at radius 3 is 3.05 bits per heavy atom. The number of nitrogens with zero attached hydrogens (tertiary/aromatic N) is 2. The molecule has 0 aliphatic heterocycles. The van der Waals surface area contributed by atoms with Crippen molar-refractivity contribution in [1.82, 2.24) is 20.1 Å². The number of hydrogen-bond donors (Lipinski definition) is 2. The summed E-state index contributed by atoms with van der Waals surface area (Å²) in [7, 11) is 0. The molecule has 0 aliphatic rings. The van der Waals surface area contributed by atoms with Crippen molar-refractivity contribution in [2.75, 3.05) is 6.54 Å². The molecule has 0 atom stereocenters. The van der Waals surface area contributed by atoms with Crippen molar-refractivity contribution in [3.8, 4) is 0 Å². The maximum absolute atomic E-state index is 11.8. The molecular formula is C12H16N4OS2. The van der Waals surface area contributed by atoms with Crippen molar-refractivity contribution >= 4 is 29.5 Å². The summed E-state index contributed by atoms with van der Waals surface area (Å²) >= 11 is 6.62. The van der Waals surface area contributed by atoms with Gasteiger partial charge in [-0.3, -0.25) is 9.89 Å². The number of carbonyl (C=O) groups excluding carboxylic acids is 1. The monoisotopic (exact) mass is 296 g/mol. The van der Waals surface area contributed by atoms with E-state index in [-0.39, 0.29) is 5.91 Å². The SMILES string of the molecule is CC(C)c1n[nH]c(=S)n1CCNC(=O)c1cccs1. The molecule has 19 heavy (non-hydrogen) atoms. The lowest BCUT2D eigenvalue weighted by atomic mass is 10.2. The molecule has 2 N–H and O–H groups in total. The quantitative estimate of drug-likeness (QED) is 0.834. The number of thiophene rings is 1. The Hall–Kier alpha value is -1.47. The van der Waals surface area contributed by atoms with Gasteiger partial charge >= 0.3 is 0 Å². The summed E-state index contributed by atoms with van der Waals surface area (Å²) in [5.41, 5.74) is 0. The minimum Gasteiger partial charge on any atom is -0.350 e. The first-order chi connectivity index (χ1) is 9.09. The highest BCUT2D eigenvalue weighted by Gasteiger charge is 2.10. The number of nitrogens with one attached hydrogen (secondary N) is 2. The van der Waals surface area contributed by atoms with Crippen LogP contribution in [-0.4, -0.2) is 27.2 Å². The molecule has 2 rings (SSSR count). The van der Waals surface area contributed by atoms with Crippen molar-refractivity contribution in [2.45, 2.75) is 26.3 Å². The van der Waals surface area contributed by atoms with E-state index in [0.29, 0.717) is 23.8 Å². The first-order valence-electron chi connectivity index (χ1n) is 6.06. The zero-order chi connectivity index (χ0) is 13.8. The average molecular weight is 296 g/mol. The van der Waals surface area contributed by atoms with Crippen molar-refractivity contribution in [3.63, 3.8) is 0 Å². The maximum Gasteiger partial charge on any atom is 0.261 e. The molecule has 2 heterocycles. The second kappa shape index (κ2) is 6.12. The van der Waals surface area contributed by atoms with Crippen LogP contribution in [0.4, 0.5) is 0 Å². The number of rotatable bonds is 5. The van der Waals surface area contributed by atoms with Gasteiger partial charge in [-0.15, -0.1) is 11.3 Å². The standard InChI is InChI=1S/C12H16N4OS2/c1-8(2)10-14-15-12(18)16(10)6-5-13-11(17)9-4-3-7-19-9/h3-4,7-8H,5-6H2,1-2H3,(H,13,17)(H,15,18). The lowest BCUT2D eigenvalue weighted by Gasteiger charge is -2.09. The predicted octanol–water partition coefficient (Wildman–Crippen LogP) is 2.56. The number of H-pyrrole nitrogens is 1. The van der Waals surface area contributed by atoms with E-state index in [2.05, 4.69) is 29.4 Å². The molecule has 1 amide bonds. The Kier molecular flexibility index (Phi) is 4.49. The van der Waals surface area contributed by atoms with Gasteiger partial charge in [0, 0.05) is 19.0 Å². The molecule has 0 saturated carbocycles. The van der Waals surface area contributed by atoms with Gasteiger partial charge in [-0.05, 0) is 23.7 Å². The third kappa shape index (κ3) is 3.30. The number of carbonyl (C=O) groups is 1. The topological polar surface area (TPSA) is 62.7 Å². The van der Waals surface area contributed by atoms with Crippen molar-refractivity contribution < 1.29 is 4.79 Å². The smallest absolute Gasteiger partial charge is 0.261 e. The Morgan fingerprint density at radius 2 is 2.42 bits per heavy atom. The molecule has 0 spiro atoms. The van der Waals surface area contributed by atoms with Crippen LogP contribution in [0.15, 0.2) is 17.5 Å². The summed E-state index contributed by atoms with van der Waals surface area (Å²) < 4.78 is 2.52. The van der Waals surface area contributed by atoms with E-state index in [1.54, 1.807) is 0 Å². The number of aromatic amines is 1. The summed E-state index contributed by atoms with van der Waals surface area (Å²) in [5, 5.41) is 11.8. The molecule has 0 bridgehead atoms. The highest BCUT2D eigenvalue weighted by Crippen LogP contribution is 2.11. The van der Waals surface area contributed by atoms with Crippen LogP contribution >= 0.6 is 23.6 Å². The predicted molar refractivity (Wildman–Crippen MR) is 78.2 cm³/mol. The van der Waals surface area contributed by atoms with Gasteiger partial charge in [0.05, 0.1) is 4.88 Å². The maximum atomic E-state index is 11.8. The molecule has 2 aromatic rings. The number of hydrogen-bond acceptors (Lipinski definition) is 4. The molecule has 0 fully saturated rings. The molecule has 102 valence electrons. The van der Waals surface area contributed by atoms with Gasteiger partial charge in [-0.1, -0.05) is 19.9 Å². The third-order valence-corrected chi connectivity index (χ3v) is 3.85. The van der Waals surface area contributed by atoms with Crippen LogP contribution in [-0.2, 0) is 6.54 Å². The molecule has 0 unspecified atom stereocenters. The molecule has 0 aromatic carbocycles. The van der Waals surface area contributed by atoms with E-state index in [4.69, 9.17) is 12.2 Å². The van der Waals surface area contributed by atoms with Crippen LogP contribution in [0.5, 0.6) is 0 Å². The fraction of sp³-hybridized carbons (Fsp3) is 0.417. The Labute approximate surface area is 120 Å². The number of amides is 1. The zero-order valence-electron chi connectivity index (χ0n) is 10.8. The summed E-state index contributed by atoms with van der Waals surface area (Å²) in [6, 6.07) is 3.67. The lowest BCUT2D eigenvalue weighted by Crippen LogP contribution is -2.27. The van der Waals surface area contributed by atoms with E-state index in [0.717, 1.165) is 10.7 Å². The molecule has 0 radical (unpaired) electrons. The highest BCUT2D eigenvalue weighted by molar-refractivity contribution is 7.71. The molecule has 7 heteroatoms. The van der Waals surface area contributed by atoms with Crippen LogP contribution in [0.2, 0.25) is 0 Å². The highest BCUT2D eigenvalue weighted by atomic mass is 32.1. The number of aromatic nitrogens is 3. The minimum atomic E-state index is -0.0453. The average Bonchev–Trinajstić information content (AvgIpc) is 2.99. The van der Waals surface area contributed by atoms with Crippen molar-refractivity contribution in [1.29, 1.82) is 0 Å². The summed E-state index contributed by atoms with van der Waals surface area (Å²) in [6.45, 7) is 5.28. The van der Waals surface area contributed by atoms with Gasteiger partial charge in [0.15, 0.2) is 4.77 Å². The molecule has 0 saturated heterocycles. The van der Waals surface area contributed by atoms with Gasteiger partial charge in [0.25, 0.3) is 5.91 Å². The molecule has 5 nitrogen and oxygen atoms in total.